The van der Waals surface area contributed by atoms with Gasteiger partial charge in [-0.05, 0) is 43.7 Å². The fraction of sp³-hybridized carbons (Fsp3) is 0.833. The Morgan fingerprint density at radius 3 is 2.67 bits per heavy atom. The summed E-state index contributed by atoms with van der Waals surface area (Å²) < 4.78 is 2.20. The average molecular weight is 289 g/mol. The molecule has 1 heterocycles. The van der Waals surface area contributed by atoms with E-state index in [-0.39, 0.29) is 0 Å². The van der Waals surface area contributed by atoms with Crippen molar-refractivity contribution in [1.29, 1.82) is 0 Å². The molecule has 0 spiro atoms. The van der Waals surface area contributed by atoms with Gasteiger partial charge in [0.1, 0.15) is 0 Å². The van der Waals surface area contributed by atoms with Crippen LogP contribution in [0.5, 0.6) is 0 Å². The highest BCUT2D eigenvalue weighted by Gasteiger charge is 2.18. The van der Waals surface area contributed by atoms with Crippen molar-refractivity contribution in [3.8, 4) is 0 Å². The van der Waals surface area contributed by atoms with Gasteiger partial charge in [-0.15, -0.1) is 0 Å². The Hall–Kier alpha value is -0.830. The van der Waals surface area contributed by atoms with Crippen LogP contribution in [0.25, 0.3) is 0 Å². The van der Waals surface area contributed by atoms with Crippen molar-refractivity contribution in [3.05, 3.63) is 18.0 Å². The fourth-order valence-corrected chi connectivity index (χ4v) is 3.98. The summed E-state index contributed by atoms with van der Waals surface area (Å²) in [6.45, 7) is 4.48. The predicted octanol–water partition coefficient (Wildman–Crippen LogP) is 4.30. The number of hydrogen-bond acceptors (Lipinski definition) is 2. The lowest BCUT2D eigenvalue weighted by atomic mass is 9.81. The van der Waals surface area contributed by atoms with E-state index in [9.17, 15) is 0 Å². The molecular formula is C18H31N3. The number of nitrogens with zero attached hydrogens (tertiary/aromatic N) is 2. The molecule has 0 bridgehead atoms. The first-order chi connectivity index (χ1) is 10.3. The summed E-state index contributed by atoms with van der Waals surface area (Å²) >= 11 is 0. The lowest BCUT2D eigenvalue weighted by Gasteiger charge is -2.26. The molecule has 118 valence electrons. The molecule has 2 fully saturated rings. The van der Waals surface area contributed by atoms with E-state index in [0.29, 0.717) is 6.04 Å². The summed E-state index contributed by atoms with van der Waals surface area (Å²) in [5.74, 6) is 1.93. The van der Waals surface area contributed by atoms with E-state index in [1.165, 1.54) is 63.5 Å². The number of rotatable bonds is 6. The molecule has 0 saturated heterocycles. The highest BCUT2D eigenvalue weighted by molar-refractivity contribution is 4.99. The van der Waals surface area contributed by atoms with Crippen LogP contribution < -0.4 is 5.32 Å². The normalized spacial score (nSPS) is 27.3. The van der Waals surface area contributed by atoms with Gasteiger partial charge in [0.05, 0.1) is 11.7 Å². The third-order valence-corrected chi connectivity index (χ3v) is 5.53. The summed E-state index contributed by atoms with van der Waals surface area (Å²) in [6.07, 6.45) is 14.7. The summed E-state index contributed by atoms with van der Waals surface area (Å²) in [5.41, 5.74) is 1.21. The molecule has 0 radical (unpaired) electrons. The van der Waals surface area contributed by atoms with E-state index in [1.807, 2.05) is 0 Å². The molecule has 0 amide bonds. The van der Waals surface area contributed by atoms with E-state index >= 15 is 0 Å². The number of hydrogen-bond donors (Lipinski definition) is 1. The molecule has 0 atom stereocenters. The minimum absolute atomic E-state index is 0.669. The molecule has 1 aromatic heterocycles. The van der Waals surface area contributed by atoms with Gasteiger partial charge < -0.3 is 5.32 Å². The summed E-state index contributed by atoms with van der Waals surface area (Å²) in [7, 11) is 0. The quantitative estimate of drug-likeness (QED) is 0.791. The Labute approximate surface area is 129 Å². The molecule has 3 nitrogen and oxygen atoms in total. The Bertz CT molecular complexity index is 412. The average Bonchev–Trinajstić information content (AvgIpc) is 3.16. The van der Waals surface area contributed by atoms with Gasteiger partial charge in [-0.25, -0.2) is 0 Å². The Morgan fingerprint density at radius 2 is 1.90 bits per heavy atom. The van der Waals surface area contributed by atoms with E-state index in [1.54, 1.807) is 0 Å². The van der Waals surface area contributed by atoms with E-state index in [0.717, 1.165) is 24.9 Å². The molecule has 1 N–H and O–H groups in total. The van der Waals surface area contributed by atoms with E-state index in [4.69, 9.17) is 5.10 Å². The minimum Gasteiger partial charge on any atom is -0.311 e. The maximum atomic E-state index is 4.74. The van der Waals surface area contributed by atoms with Crippen LogP contribution in [0, 0.1) is 11.8 Å². The van der Waals surface area contributed by atoms with Gasteiger partial charge in [-0.1, -0.05) is 45.4 Å². The zero-order chi connectivity index (χ0) is 14.5. The second kappa shape index (κ2) is 7.44. The molecule has 21 heavy (non-hydrogen) atoms. The minimum atomic E-state index is 0.669. The highest BCUT2D eigenvalue weighted by Crippen LogP contribution is 2.30. The van der Waals surface area contributed by atoms with Crippen LogP contribution in [0.2, 0.25) is 0 Å². The third-order valence-electron chi connectivity index (χ3n) is 5.53. The number of aromatic nitrogens is 2. The topological polar surface area (TPSA) is 29.9 Å². The van der Waals surface area contributed by atoms with Gasteiger partial charge in [0.15, 0.2) is 0 Å². The van der Waals surface area contributed by atoms with Gasteiger partial charge in [-0.3, -0.25) is 4.68 Å². The van der Waals surface area contributed by atoms with Gasteiger partial charge in [0.2, 0.25) is 0 Å². The lowest BCUT2D eigenvalue weighted by Crippen LogP contribution is -2.21. The van der Waals surface area contributed by atoms with Gasteiger partial charge in [0, 0.05) is 12.7 Å². The van der Waals surface area contributed by atoms with E-state index < -0.39 is 0 Å². The Morgan fingerprint density at radius 1 is 1.14 bits per heavy atom. The van der Waals surface area contributed by atoms with Gasteiger partial charge in [0.25, 0.3) is 0 Å². The summed E-state index contributed by atoms with van der Waals surface area (Å²) in [6, 6.07) is 2.86. The second-order valence-electron chi connectivity index (χ2n) is 7.32. The largest absolute Gasteiger partial charge is 0.311 e. The molecule has 2 saturated carbocycles. The van der Waals surface area contributed by atoms with Gasteiger partial charge >= 0.3 is 0 Å². The SMILES string of the molecule is CC1CCC(CCNCc2ccn(C3CCCC3)n2)CC1. The zero-order valence-electron chi connectivity index (χ0n) is 13.6. The first-order valence-corrected chi connectivity index (χ1v) is 9.06. The van der Waals surface area contributed by atoms with Crippen molar-refractivity contribution in [2.75, 3.05) is 6.54 Å². The molecule has 0 unspecified atom stereocenters. The number of nitrogens with one attached hydrogen (secondary N) is 1. The van der Waals surface area contributed by atoms with Gasteiger partial charge in [-0.2, -0.15) is 5.10 Å². The smallest absolute Gasteiger partial charge is 0.0762 e. The molecule has 0 aliphatic heterocycles. The van der Waals surface area contributed by atoms with Crippen LogP contribution in [-0.2, 0) is 6.54 Å². The van der Waals surface area contributed by atoms with Crippen molar-refractivity contribution in [2.45, 2.75) is 77.3 Å². The monoisotopic (exact) mass is 289 g/mol. The Kier molecular flexibility index (Phi) is 5.34. The lowest BCUT2D eigenvalue weighted by molar-refractivity contribution is 0.275. The van der Waals surface area contributed by atoms with Crippen LogP contribution in [0.3, 0.4) is 0 Å². The van der Waals surface area contributed by atoms with Crippen molar-refractivity contribution < 1.29 is 0 Å². The first kappa shape index (κ1) is 15.1. The molecule has 2 aliphatic carbocycles. The molecule has 0 aromatic carbocycles. The Balaban J connectivity index is 1.34. The van der Waals surface area contributed by atoms with Crippen molar-refractivity contribution in [2.24, 2.45) is 11.8 Å². The molecule has 2 aliphatic rings. The zero-order valence-corrected chi connectivity index (χ0v) is 13.6. The molecule has 3 rings (SSSR count). The van der Waals surface area contributed by atoms with Crippen LogP contribution in [0.15, 0.2) is 12.3 Å². The second-order valence-corrected chi connectivity index (χ2v) is 7.32. The molecular weight excluding hydrogens is 258 g/mol. The highest BCUT2D eigenvalue weighted by atomic mass is 15.3. The maximum absolute atomic E-state index is 4.74. The van der Waals surface area contributed by atoms with Crippen LogP contribution in [0.4, 0.5) is 0 Å². The van der Waals surface area contributed by atoms with Crippen LogP contribution >= 0.6 is 0 Å². The first-order valence-electron chi connectivity index (χ1n) is 9.06. The summed E-state index contributed by atoms with van der Waals surface area (Å²) in [5, 5.41) is 8.33. The fourth-order valence-electron chi connectivity index (χ4n) is 3.98. The van der Waals surface area contributed by atoms with Crippen LogP contribution in [-0.4, -0.2) is 16.3 Å². The summed E-state index contributed by atoms with van der Waals surface area (Å²) in [4.78, 5) is 0. The predicted molar refractivity (Wildman–Crippen MR) is 87.2 cm³/mol. The van der Waals surface area contributed by atoms with Crippen LogP contribution in [0.1, 0.15) is 76.4 Å². The maximum Gasteiger partial charge on any atom is 0.0762 e. The molecule has 1 aromatic rings. The molecule has 3 heteroatoms. The van der Waals surface area contributed by atoms with Crippen molar-refractivity contribution in [3.63, 3.8) is 0 Å². The third kappa shape index (κ3) is 4.32. The van der Waals surface area contributed by atoms with Crippen molar-refractivity contribution in [1.82, 2.24) is 15.1 Å². The standard InChI is InChI=1S/C18H31N3/c1-15-6-8-16(9-7-15)10-12-19-14-17-11-13-21(20-17)18-4-2-3-5-18/h11,13,15-16,18-19H,2-10,12,14H2,1H3. The van der Waals surface area contributed by atoms with E-state index in [2.05, 4.69) is 29.2 Å². The van der Waals surface area contributed by atoms with Crippen molar-refractivity contribution >= 4 is 0 Å².